The number of nitrogens with one attached hydrogen (secondary N) is 1. The maximum absolute atomic E-state index is 12.0. The Bertz CT molecular complexity index is 706. The molecule has 0 spiro atoms. The van der Waals surface area contributed by atoms with Crippen LogP contribution in [-0.2, 0) is 6.54 Å². The molecule has 0 saturated carbocycles. The molecule has 7 heteroatoms. The van der Waals surface area contributed by atoms with E-state index in [0.717, 1.165) is 3.57 Å². The minimum atomic E-state index is -0.469. The molecule has 0 aliphatic heterocycles. The molecule has 0 aliphatic rings. The van der Waals surface area contributed by atoms with Crippen molar-refractivity contribution in [2.24, 2.45) is 0 Å². The number of benzene rings is 2. The van der Waals surface area contributed by atoms with Crippen LogP contribution in [0, 0.1) is 13.7 Å². The first-order valence-corrected chi connectivity index (χ1v) is 7.40. The highest BCUT2D eigenvalue weighted by Crippen LogP contribution is 2.20. The summed E-state index contributed by atoms with van der Waals surface area (Å²) in [7, 11) is 0. The molecule has 1 N–H and O–H groups in total. The second-order valence-electron chi connectivity index (χ2n) is 4.20. The summed E-state index contributed by atoms with van der Waals surface area (Å²) in [6, 6.07) is 11.3. The van der Waals surface area contributed by atoms with Crippen molar-refractivity contribution in [2.45, 2.75) is 6.54 Å². The van der Waals surface area contributed by atoms with Gasteiger partial charge in [-0.2, -0.15) is 0 Å². The molecule has 1 amide bonds. The highest BCUT2D eigenvalue weighted by molar-refractivity contribution is 14.1. The summed E-state index contributed by atoms with van der Waals surface area (Å²) in [6.45, 7) is 0.0829. The number of halogens is 2. The molecule has 0 bridgehead atoms. The Labute approximate surface area is 139 Å². The Balaban J connectivity index is 2.11. The summed E-state index contributed by atoms with van der Waals surface area (Å²) < 4.78 is 0.851. The van der Waals surface area contributed by atoms with Crippen LogP contribution in [0.15, 0.2) is 42.5 Å². The smallest absolute Gasteiger partial charge is 0.274 e. The maximum atomic E-state index is 12.0. The van der Waals surface area contributed by atoms with Crippen molar-refractivity contribution >= 4 is 45.8 Å². The average molecular weight is 417 g/mol. The van der Waals surface area contributed by atoms with Crippen molar-refractivity contribution in [1.29, 1.82) is 0 Å². The maximum Gasteiger partial charge on any atom is 0.274 e. The SMILES string of the molecule is O=C(NCc1ccccc1[N+](=O)[O-])c1ccc(I)c(Cl)c1. The van der Waals surface area contributed by atoms with Gasteiger partial charge < -0.3 is 5.32 Å². The third-order valence-corrected chi connectivity index (χ3v) is 4.38. The van der Waals surface area contributed by atoms with Crippen LogP contribution >= 0.6 is 34.2 Å². The van der Waals surface area contributed by atoms with Gasteiger partial charge in [-0.1, -0.05) is 29.8 Å². The number of hydrogen-bond donors (Lipinski definition) is 1. The molecule has 0 atom stereocenters. The van der Waals surface area contributed by atoms with Gasteiger partial charge in [0.05, 0.1) is 9.95 Å². The number of hydrogen-bond acceptors (Lipinski definition) is 3. The number of amides is 1. The third-order valence-electron chi connectivity index (χ3n) is 2.81. The van der Waals surface area contributed by atoms with Gasteiger partial charge in [0.1, 0.15) is 0 Å². The average Bonchev–Trinajstić information content (AvgIpc) is 2.47. The van der Waals surface area contributed by atoms with Crippen LogP contribution in [0.4, 0.5) is 5.69 Å². The zero-order valence-corrected chi connectivity index (χ0v) is 13.6. The molecule has 0 fully saturated rings. The van der Waals surface area contributed by atoms with Crippen LogP contribution in [0.1, 0.15) is 15.9 Å². The fourth-order valence-electron chi connectivity index (χ4n) is 1.75. The molecular formula is C14H10ClIN2O3. The molecule has 2 aromatic carbocycles. The quantitative estimate of drug-likeness (QED) is 0.468. The molecule has 0 aromatic heterocycles. The van der Waals surface area contributed by atoms with E-state index in [1.165, 1.54) is 6.07 Å². The van der Waals surface area contributed by atoms with E-state index in [-0.39, 0.29) is 18.1 Å². The Morgan fingerprint density at radius 2 is 2.00 bits per heavy atom. The Morgan fingerprint density at radius 3 is 2.67 bits per heavy atom. The first-order valence-electron chi connectivity index (χ1n) is 5.94. The van der Waals surface area contributed by atoms with Gasteiger partial charge in [-0.25, -0.2) is 0 Å². The number of nitrogens with zero attached hydrogens (tertiary/aromatic N) is 1. The van der Waals surface area contributed by atoms with Gasteiger partial charge >= 0.3 is 0 Å². The lowest BCUT2D eigenvalue weighted by atomic mass is 10.1. The normalized spacial score (nSPS) is 10.2. The highest BCUT2D eigenvalue weighted by atomic mass is 127. The van der Waals surface area contributed by atoms with Crippen molar-refractivity contribution in [1.82, 2.24) is 5.32 Å². The second kappa shape index (κ2) is 6.86. The van der Waals surface area contributed by atoms with Crippen LogP contribution in [-0.4, -0.2) is 10.8 Å². The van der Waals surface area contributed by atoms with Crippen molar-refractivity contribution in [3.05, 3.63) is 72.3 Å². The van der Waals surface area contributed by atoms with Crippen molar-refractivity contribution in [2.75, 3.05) is 0 Å². The molecule has 0 aliphatic carbocycles. The molecule has 0 radical (unpaired) electrons. The topological polar surface area (TPSA) is 72.2 Å². The van der Waals surface area contributed by atoms with Gasteiger partial charge in [-0.3, -0.25) is 14.9 Å². The summed E-state index contributed by atoms with van der Waals surface area (Å²) in [6.07, 6.45) is 0. The number of carbonyl (C=O) groups excluding carboxylic acids is 1. The van der Waals surface area contributed by atoms with Gasteiger partial charge in [-0.05, 0) is 40.8 Å². The first kappa shape index (κ1) is 15.7. The zero-order valence-electron chi connectivity index (χ0n) is 10.7. The first-order chi connectivity index (χ1) is 9.99. The number of para-hydroxylation sites is 1. The molecule has 0 saturated heterocycles. The van der Waals surface area contributed by atoms with Gasteiger partial charge in [0.25, 0.3) is 11.6 Å². The van der Waals surface area contributed by atoms with Gasteiger partial charge in [0, 0.05) is 27.3 Å². The van der Waals surface area contributed by atoms with E-state index in [2.05, 4.69) is 27.9 Å². The van der Waals surface area contributed by atoms with E-state index >= 15 is 0 Å². The minimum absolute atomic E-state index is 0.0153. The summed E-state index contributed by atoms with van der Waals surface area (Å²) in [5.74, 6) is -0.327. The van der Waals surface area contributed by atoms with E-state index in [9.17, 15) is 14.9 Å². The van der Waals surface area contributed by atoms with E-state index in [1.54, 1.807) is 36.4 Å². The summed E-state index contributed by atoms with van der Waals surface area (Å²) >= 11 is 8.03. The van der Waals surface area contributed by atoms with Gasteiger partial charge in [-0.15, -0.1) is 0 Å². The van der Waals surface area contributed by atoms with Gasteiger partial charge in [0.15, 0.2) is 0 Å². The molecule has 5 nitrogen and oxygen atoms in total. The largest absolute Gasteiger partial charge is 0.348 e. The summed E-state index contributed by atoms with van der Waals surface area (Å²) in [5.41, 5.74) is 0.852. The number of nitro groups is 1. The molecule has 108 valence electrons. The second-order valence-corrected chi connectivity index (χ2v) is 5.77. The Kier molecular flexibility index (Phi) is 5.13. The molecule has 0 heterocycles. The highest BCUT2D eigenvalue weighted by Gasteiger charge is 2.14. The monoisotopic (exact) mass is 416 g/mol. The Morgan fingerprint density at radius 1 is 1.29 bits per heavy atom. The van der Waals surface area contributed by atoms with Crippen LogP contribution in [0.5, 0.6) is 0 Å². The van der Waals surface area contributed by atoms with E-state index in [1.807, 2.05) is 0 Å². The van der Waals surface area contributed by atoms with Gasteiger partial charge in [0.2, 0.25) is 0 Å². The summed E-state index contributed by atoms with van der Waals surface area (Å²) in [5, 5.41) is 14.0. The minimum Gasteiger partial charge on any atom is -0.348 e. The standard InChI is InChI=1S/C14H10ClIN2O3/c15-11-7-9(5-6-12(11)16)14(19)17-8-10-3-1-2-4-13(10)18(20)21/h1-7H,8H2,(H,17,19). The van der Waals surface area contributed by atoms with E-state index in [4.69, 9.17) is 11.6 Å². The van der Waals surface area contributed by atoms with E-state index < -0.39 is 4.92 Å². The fraction of sp³-hybridized carbons (Fsp3) is 0.0714. The van der Waals surface area contributed by atoms with Crippen LogP contribution in [0.25, 0.3) is 0 Å². The van der Waals surface area contributed by atoms with Crippen molar-refractivity contribution in [3.63, 3.8) is 0 Å². The van der Waals surface area contributed by atoms with Crippen molar-refractivity contribution in [3.8, 4) is 0 Å². The Hall–Kier alpha value is -1.67. The molecule has 2 aromatic rings. The summed E-state index contributed by atoms with van der Waals surface area (Å²) in [4.78, 5) is 22.4. The third kappa shape index (κ3) is 3.92. The number of rotatable bonds is 4. The zero-order chi connectivity index (χ0) is 15.4. The number of nitro benzene ring substituents is 1. The van der Waals surface area contributed by atoms with E-state index in [0.29, 0.717) is 16.1 Å². The van der Waals surface area contributed by atoms with Crippen molar-refractivity contribution < 1.29 is 9.72 Å². The van der Waals surface area contributed by atoms with Crippen LogP contribution in [0.3, 0.4) is 0 Å². The lowest BCUT2D eigenvalue weighted by Gasteiger charge is -2.07. The van der Waals surface area contributed by atoms with Crippen LogP contribution < -0.4 is 5.32 Å². The number of carbonyl (C=O) groups is 1. The predicted molar refractivity (Wildman–Crippen MR) is 88.4 cm³/mol. The lowest BCUT2D eigenvalue weighted by molar-refractivity contribution is -0.385. The lowest BCUT2D eigenvalue weighted by Crippen LogP contribution is -2.23. The molecule has 21 heavy (non-hydrogen) atoms. The molecule has 2 rings (SSSR count). The molecule has 0 unspecified atom stereocenters. The fourth-order valence-corrected chi connectivity index (χ4v) is 2.27. The van der Waals surface area contributed by atoms with Crippen LogP contribution in [0.2, 0.25) is 5.02 Å². The molecular weight excluding hydrogens is 407 g/mol. The predicted octanol–water partition coefficient (Wildman–Crippen LogP) is 3.78.